The maximum atomic E-state index is 11.0. The number of hydrogen-bond donors (Lipinski definition) is 3. The third kappa shape index (κ3) is 3.63. The first-order valence-electron chi connectivity index (χ1n) is 6.92. The fourth-order valence-electron chi connectivity index (χ4n) is 2.67. The largest absolute Gasteiger partial charge is 0.507 e. The summed E-state index contributed by atoms with van der Waals surface area (Å²) < 4.78 is 5.04. The van der Waals surface area contributed by atoms with Crippen molar-refractivity contribution in [2.45, 2.75) is 38.3 Å². The van der Waals surface area contributed by atoms with Crippen LogP contribution >= 0.6 is 0 Å². The Balaban J connectivity index is 1.90. The molecule has 5 nitrogen and oxygen atoms in total. The van der Waals surface area contributed by atoms with Gasteiger partial charge in [-0.15, -0.1) is 0 Å². The van der Waals surface area contributed by atoms with Crippen LogP contribution in [-0.4, -0.2) is 29.3 Å². The molecule has 0 aromatic heterocycles. The van der Waals surface area contributed by atoms with Crippen molar-refractivity contribution in [3.8, 4) is 11.5 Å². The summed E-state index contributed by atoms with van der Waals surface area (Å²) in [6, 6.07) is 5.40. The van der Waals surface area contributed by atoms with Crippen molar-refractivity contribution in [3.05, 3.63) is 23.8 Å². The predicted molar refractivity (Wildman–Crippen MR) is 74.9 cm³/mol. The molecular formula is C15H21NO4. The predicted octanol–water partition coefficient (Wildman–Crippen LogP) is 2.13. The first-order chi connectivity index (χ1) is 9.60. The molecule has 2 rings (SSSR count). The molecule has 2 atom stereocenters. The summed E-state index contributed by atoms with van der Waals surface area (Å²) in [6.07, 6.45) is 3.34. The fourth-order valence-corrected chi connectivity index (χ4v) is 2.67. The SMILES string of the molecule is COc1ccc(CNC2CCCC(C(=O)O)C2)c(O)c1. The van der Waals surface area contributed by atoms with E-state index in [1.807, 2.05) is 6.07 Å². The molecule has 1 saturated carbocycles. The second-order valence-corrected chi connectivity index (χ2v) is 5.27. The molecular weight excluding hydrogens is 258 g/mol. The molecule has 0 spiro atoms. The third-order valence-corrected chi connectivity index (χ3v) is 3.90. The zero-order valence-electron chi connectivity index (χ0n) is 11.6. The van der Waals surface area contributed by atoms with Crippen molar-refractivity contribution in [2.75, 3.05) is 7.11 Å². The van der Waals surface area contributed by atoms with Gasteiger partial charge in [0, 0.05) is 24.2 Å². The van der Waals surface area contributed by atoms with E-state index < -0.39 is 5.97 Å². The van der Waals surface area contributed by atoms with Gasteiger partial charge in [0.15, 0.2) is 0 Å². The zero-order valence-corrected chi connectivity index (χ0v) is 11.6. The van der Waals surface area contributed by atoms with Gasteiger partial charge in [0.25, 0.3) is 0 Å². The number of carboxylic acids is 1. The van der Waals surface area contributed by atoms with Crippen molar-refractivity contribution in [1.29, 1.82) is 0 Å². The minimum Gasteiger partial charge on any atom is -0.507 e. The first kappa shape index (κ1) is 14.7. The number of aromatic hydroxyl groups is 1. The molecule has 5 heteroatoms. The van der Waals surface area contributed by atoms with Crippen molar-refractivity contribution in [2.24, 2.45) is 5.92 Å². The molecule has 0 bridgehead atoms. The van der Waals surface area contributed by atoms with Gasteiger partial charge in [-0.05, 0) is 25.3 Å². The number of carboxylic acid groups (broad SMARTS) is 1. The van der Waals surface area contributed by atoms with Gasteiger partial charge in [0.1, 0.15) is 11.5 Å². The number of hydrogen-bond acceptors (Lipinski definition) is 4. The van der Waals surface area contributed by atoms with E-state index in [-0.39, 0.29) is 17.7 Å². The number of methoxy groups -OCH3 is 1. The summed E-state index contributed by atoms with van der Waals surface area (Å²) in [5.74, 6) is -0.133. The second-order valence-electron chi connectivity index (χ2n) is 5.27. The molecule has 0 aliphatic heterocycles. The molecule has 1 aromatic carbocycles. The van der Waals surface area contributed by atoms with Crippen LogP contribution in [0.15, 0.2) is 18.2 Å². The van der Waals surface area contributed by atoms with Crippen LogP contribution in [-0.2, 0) is 11.3 Å². The van der Waals surface area contributed by atoms with Crippen LogP contribution in [0.5, 0.6) is 11.5 Å². The third-order valence-electron chi connectivity index (χ3n) is 3.90. The monoisotopic (exact) mass is 279 g/mol. The van der Waals surface area contributed by atoms with Crippen LogP contribution in [0.1, 0.15) is 31.2 Å². The maximum absolute atomic E-state index is 11.0. The minimum absolute atomic E-state index is 0.197. The lowest BCUT2D eigenvalue weighted by Crippen LogP contribution is -2.36. The van der Waals surface area contributed by atoms with Gasteiger partial charge in [-0.1, -0.05) is 12.5 Å². The Labute approximate surface area is 118 Å². The normalized spacial score (nSPS) is 22.4. The van der Waals surface area contributed by atoms with Crippen LogP contribution in [0.3, 0.4) is 0 Å². The van der Waals surface area contributed by atoms with Crippen LogP contribution in [0.2, 0.25) is 0 Å². The van der Waals surface area contributed by atoms with E-state index in [2.05, 4.69) is 5.32 Å². The Kier molecular flexibility index (Phi) is 4.84. The lowest BCUT2D eigenvalue weighted by molar-refractivity contribution is -0.143. The molecule has 3 N–H and O–H groups in total. The summed E-state index contributed by atoms with van der Waals surface area (Å²) in [7, 11) is 1.56. The highest BCUT2D eigenvalue weighted by Crippen LogP contribution is 2.26. The Morgan fingerprint density at radius 2 is 2.25 bits per heavy atom. The average molecular weight is 279 g/mol. The van der Waals surface area contributed by atoms with E-state index in [0.29, 0.717) is 18.7 Å². The summed E-state index contributed by atoms with van der Waals surface area (Å²) >= 11 is 0. The number of phenols is 1. The van der Waals surface area contributed by atoms with Crippen molar-refractivity contribution < 1.29 is 19.7 Å². The first-order valence-corrected chi connectivity index (χ1v) is 6.92. The topological polar surface area (TPSA) is 78.8 Å². The van der Waals surface area contributed by atoms with E-state index in [9.17, 15) is 9.90 Å². The summed E-state index contributed by atoms with van der Waals surface area (Å²) in [5.41, 5.74) is 0.795. The summed E-state index contributed by atoms with van der Waals surface area (Å²) in [4.78, 5) is 11.0. The van der Waals surface area contributed by atoms with Gasteiger partial charge in [0.2, 0.25) is 0 Å². The number of carbonyl (C=O) groups is 1. The molecule has 20 heavy (non-hydrogen) atoms. The molecule has 2 unspecified atom stereocenters. The number of benzene rings is 1. The van der Waals surface area contributed by atoms with Crippen molar-refractivity contribution in [3.63, 3.8) is 0 Å². The smallest absolute Gasteiger partial charge is 0.306 e. The zero-order chi connectivity index (χ0) is 14.5. The Bertz CT molecular complexity index is 475. The molecule has 0 radical (unpaired) electrons. The van der Waals surface area contributed by atoms with Crippen LogP contribution in [0.25, 0.3) is 0 Å². The number of nitrogens with one attached hydrogen (secondary N) is 1. The molecule has 0 heterocycles. The number of ether oxygens (including phenoxy) is 1. The van der Waals surface area contributed by atoms with Gasteiger partial charge >= 0.3 is 5.97 Å². The van der Waals surface area contributed by atoms with Gasteiger partial charge in [0.05, 0.1) is 13.0 Å². The maximum Gasteiger partial charge on any atom is 0.306 e. The van der Waals surface area contributed by atoms with Crippen LogP contribution in [0.4, 0.5) is 0 Å². The highest BCUT2D eigenvalue weighted by atomic mass is 16.5. The molecule has 1 aliphatic rings. The lowest BCUT2D eigenvalue weighted by Gasteiger charge is -2.27. The number of rotatable bonds is 5. The summed E-state index contributed by atoms with van der Waals surface area (Å²) in [6.45, 7) is 0.535. The van der Waals surface area contributed by atoms with Gasteiger partial charge in [-0.2, -0.15) is 0 Å². The highest BCUT2D eigenvalue weighted by Gasteiger charge is 2.26. The van der Waals surface area contributed by atoms with E-state index in [4.69, 9.17) is 9.84 Å². The molecule has 0 saturated heterocycles. The Morgan fingerprint density at radius 3 is 2.90 bits per heavy atom. The van der Waals surface area contributed by atoms with Gasteiger partial charge in [-0.25, -0.2) is 0 Å². The minimum atomic E-state index is -0.705. The fraction of sp³-hybridized carbons (Fsp3) is 0.533. The Hall–Kier alpha value is -1.75. The Morgan fingerprint density at radius 1 is 1.45 bits per heavy atom. The highest BCUT2D eigenvalue weighted by molar-refractivity contribution is 5.70. The summed E-state index contributed by atoms with van der Waals surface area (Å²) in [5, 5.41) is 22.3. The van der Waals surface area contributed by atoms with E-state index in [1.165, 1.54) is 0 Å². The number of phenolic OH excluding ortho intramolecular Hbond substituents is 1. The van der Waals surface area contributed by atoms with Gasteiger partial charge < -0.3 is 20.3 Å². The van der Waals surface area contributed by atoms with Crippen molar-refractivity contribution in [1.82, 2.24) is 5.32 Å². The lowest BCUT2D eigenvalue weighted by atomic mass is 9.86. The molecule has 1 aromatic rings. The molecule has 0 amide bonds. The second kappa shape index (κ2) is 6.61. The standard InChI is InChI=1S/C15H21NO4/c1-20-13-6-5-11(14(17)8-13)9-16-12-4-2-3-10(7-12)15(18)19/h5-6,8,10,12,16-17H,2-4,7,9H2,1H3,(H,18,19). The van der Waals surface area contributed by atoms with E-state index in [1.54, 1.807) is 19.2 Å². The van der Waals surface area contributed by atoms with Crippen LogP contribution in [0, 0.1) is 5.92 Å². The molecule has 110 valence electrons. The number of aliphatic carboxylic acids is 1. The van der Waals surface area contributed by atoms with Crippen molar-refractivity contribution >= 4 is 5.97 Å². The van der Waals surface area contributed by atoms with E-state index in [0.717, 1.165) is 24.8 Å². The average Bonchev–Trinajstić information content (AvgIpc) is 2.46. The quantitative estimate of drug-likeness (QED) is 0.769. The molecule has 1 fully saturated rings. The van der Waals surface area contributed by atoms with Gasteiger partial charge in [-0.3, -0.25) is 4.79 Å². The van der Waals surface area contributed by atoms with Crippen LogP contribution < -0.4 is 10.1 Å². The molecule has 1 aliphatic carbocycles. The van der Waals surface area contributed by atoms with E-state index >= 15 is 0 Å².